The van der Waals surface area contributed by atoms with Crippen LogP contribution in [0, 0.1) is 5.92 Å². The molecule has 84 valence electrons. The lowest BCUT2D eigenvalue weighted by Crippen LogP contribution is -2.25. The zero-order valence-corrected chi connectivity index (χ0v) is 9.28. The predicted molar refractivity (Wildman–Crippen MR) is 58.7 cm³/mol. The fourth-order valence-corrected chi connectivity index (χ4v) is 1.89. The lowest BCUT2D eigenvalue weighted by molar-refractivity contribution is 0.185. The molecule has 0 aliphatic carbocycles. The number of hydrogen-bond donors (Lipinski definition) is 1. The minimum atomic E-state index is 0.714. The largest absolute Gasteiger partial charge is 0.381 e. The van der Waals surface area contributed by atoms with E-state index >= 15 is 0 Å². The van der Waals surface area contributed by atoms with E-state index in [2.05, 4.69) is 14.9 Å². The highest BCUT2D eigenvalue weighted by molar-refractivity contribution is 4.91. The summed E-state index contributed by atoms with van der Waals surface area (Å²) in [5, 5.41) is 3.46. The molecule has 0 saturated carbocycles. The van der Waals surface area contributed by atoms with Gasteiger partial charge < -0.3 is 14.6 Å². The average Bonchev–Trinajstić information content (AvgIpc) is 2.85. The second-order valence-electron chi connectivity index (χ2n) is 4.14. The van der Waals surface area contributed by atoms with Crippen LogP contribution in [0.15, 0.2) is 12.4 Å². The van der Waals surface area contributed by atoms with Gasteiger partial charge in [0.15, 0.2) is 0 Å². The van der Waals surface area contributed by atoms with Gasteiger partial charge in [0.2, 0.25) is 0 Å². The Morgan fingerprint density at radius 1 is 1.67 bits per heavy atom. The molecule has 1 aromatic rings. The van der Waals surface area contributed by atoms with Crippen LogP contribution in [0.25, 0.3) is 0 Å². The second kappa shape index (κ2) is 5.28. The number of nitrogens with zero attached hydrogens (tertiary/aromatic N) is 2. The molecule has 1 aliphatic heterocycles. The topological polar surface area (TPSA) is 39.1 Å². The lowest BCUT2D eigenvalue weighted by atomic mass is 10.1. The molecule has 0 radical (unpaired) electrons. The van der Waals surface area contributed by atoms with Gasteiger partial charge in [-0.1, -0.05) is 0 Å². The lowest BCUT2D eigenvalue weighted by Gasteiger charge is -2.08. The molecule has 4 nitrogen and oxygen atoms in total. The molecule has 1 aromatic heterocycles. The van der Waals surface area contributed by atoms with E-state index in [9.17, 15) is 0 Å². The van der Waals surface area contributed by atoms with Gasteiger partial charge in [-0.2, -0.15) is 0 Å². The number of aryl methyl sites for hydroxylation is 1. The molecule has 2 heterocycles. The summed E-state index contributed by atoms with van der Waals surface area (Å²) in [6.07, 6.45) is 6.03. The average molecular weight is 209 g/mol. The van der Waals surface area contributed by atoms with Crippen LogP contribution in [-0.2, 0) is 18.2 Å². The Kier molecular flexibility index (Phi) is 3.75. The van der Waals surface area contributed by atoms with Crippen molar-refractivity contribution >= 4 is 0 Å². The molecule has 4 heteroatoms. The van der Waals surface area contributed by atoms with Gasteiger partial charge in [-0.25, -0.2) is 4.98 Å². The SMILES string of the molecule is Cn1ccnc1CCNCC1CCOC1. The van der Waals surface area contributed by atoms with Gasteiger partial charge in [0.1, 0.15) is 5.82 Å². The van der Waals surface area contributed by atoms with Crippen molar-refractivity contribution in [3.8, 4) is 0 Å². The van der Waals surface area contributed by atoms with Crippen LogP contribution in [0.5, 0.6) is 0 Å². The Bertz CT molecular complexity index is 292. The maximum atomic E-state index is 5.32. The van der Waals surface area contributed by atoms with Crippen LogP contribution < -0.4 is 5.32 Å². The van der Waals surface area contributed by atoms with Crippen LogP contribution in [0.4, 0.5) is 0 Å². The summed E-state index contributed by atoms with van der Waals surface area (Å²) >= 11 is 0. The normalized spacial score (nSPS) is 21.0. The van der Waals surface area contributed by atoms with E-state index in [0.29, 0.717) is 5.92 Å². The second-order valence-corrected chi connectivity index (χ2v) is 4.14. The fraction of sp³-hybridized carbons (Fsp3) is 0.727. The van der Waals surface area contributed by atoms with Crippen LogP contribution in [0.1, 0.15) is 12.2 Å². The quantitative estimate of drug-likeness (QED) is 0.721. The number of hydrogen-bond acceptors (Lipinski definition) is 3. The van der Waals surface area contributed by atoms with Crippen LogP contribution in [-0.4, -0.2) is 35.9 Å². The minimum absolute atomic E-state index is 0.714. The molecule has 1 unspecified atom stereocenters. The molecule has 1 aliphatic rings. The summed E-state index contributed by atoms with van der Waals surface area (Å²) in [5.41, 5.74) is 0. The predicted octanol–water partition coefficient (Wildman–Crippen LogP) is 0.589. The first kappa shape index (κ1) is 10.6. The van der Waals surface area contributed by atoms with E-state index in [0.717, 1.165) is 38.5 Å². The number of rotatable bonds is 5. The molecule has 15 heavy (non-hydrogen) atoms. The summed E-state index contributed by atoms with van der Waals surface area (Å²) in [5.74, 6) is 1.86. The first-order valence-electron chi connectivity index (χ1n) is 5.61. The molecule has 1 saturated heterocycles. The molecule has 1 fully saturated rings. The summed E-state index contributed by atoms with van der Waals surface area (Å²) < 4.78 is 7.39. The van der Waals surface area contributed by atoms with Crippen LogP contribution in [0.2, 0.25) is 0 Å². The van der Waals surface area contributed by atoms with Gasteiger partial charge in [-0.05, 0) is 12.3 Å². The summed E-state index contributed by atoms with van der Waals surface area (Å²) in [6, 6.07) is 0. The monoisotopic (exact) mass is 209 g/mol. The zero-order valence-electron chi connectivity index (χ0n) is 9.28. The number of ether oxygens (including phenoxy) is 1. The number of aromatic nitrogens is 2. The van der Waals surface area contributed by atoms with Gasteiger partial charge in [0, 0.05) is 45.6 Å². The molecule has 2 rings (SSSR count). The molecule has 0 spiro atoms. The van der Waals surface area contributed by atoms with Crippen molar-refractivity contribution in [3.63, 3.8) is 0 Å². The van der Waals surface area contributed by atoms with Crippen molar-refractivity contribution in [2.24, 2.45) is 13.0 Å². The third-order valence-corrected chi connectivity index (χ3v) is 2.90. The van der Waals surface area contributed by atoms with Crippen LogP contribution in [0.3, 0.4) is 0 Å². The number of imidazole rings is 1. The van der Waals surface area contributed by atoms with Crippen molar-refractivity contribution in [1.29, 1.82) is 0 Å². The summed E-state index contributed by atoms with van der Waals surface area (Å²) in [6.45, 7) is 3.94. The van der Waals surface area contributed by atoms with E-state index in [1.165, 1.54) is 6.42 Å². The molecule has 1 N–H and O–H groups in total. The van der Waals surface area contributed by atoms with Gasteiger partial charge in [0.25, 0.3) is 0 Å². The van der Waals surface area contributed by atoms with E-state index in [1.54, 1.807) is 0 Å². The highest BCUT2D eigenvalue weighted by Gasteiger charge is 2.14. The molecule has 1 atom stereocenters. The van der Waals surface area contributed by atoms with Gasteiger partial charge in [0.05, 0.1) is 6.61 Å². The number of nitrogens with one attached hydrogen (secondary N) is 1. The van der Waals surface area contributed by atoms with Gasteiger partial charge >= 0.3 is 0 Å². The van der Waals surface area contributed by atoms with Crippen LogP contribution >= 0.6 is 0 Å². The molecule has 0 bridgehead atoms. The third kappa shape index (κ3) is 3.04. The Morgan fingerprint density at radius 2 is 2.60 bits per heavy atom. The molecule has 0 amide bonds. The Morgan fingerprint density at radius 3 is 3.27 bits per heavy atom. The summed E-state index contributed by atoms with van der Waals surface area (Å²) in [4.78, 5) is 4.28. The van der Waals surface area contributed by atoms with E-state index in [4.69, 9.17) is 4.74 Å². The van der Waals surface area contributed by atoms with Crippen molar-refractivity contribution in [1.82, 2.24) is 14.9 Å². The van der Waals surface area contributed by atoms with Crippen molar-refractivity contribution in [3.05, 3.63) is 18.2 Å². The van der Waals surface area contributed by atoms with E-state index < -0.39 is 0 Å². The van der Waals surface area contributed by atoms with E-state index in [1.807, 2.05) is 19.4 Å². The zero-order chi connectivity index (χ0) is 10.5. The Labute approximate surface area is 90.6 Å². The van der Waals surface area contributed by atoms with Gasteiger partial charge in [-0.15, -0.1) is 0 Å². The molecular weight excluding hydrogens is 190 g/mol. The maximum absolute atomic E-state index is 5.32. The Hall–Kier alpha value is -0.870. The standard InChI is InChI=1S/C11H19N3O/c1-14-6-5-13-11(14)2-4-12-8-10-3-7-15-9-10/h5-6,10,12H,2-4,7-9H2,1H3. The first-order chi connectivity index (χ1) is 7.36. The maximum Gasteiger partial charge on any atom is 0.109 e. The summed E-state index contributed by atoms with van der Waals surface area (Å²) in [7, 11) is 2.03. The van der Waals surface area contributed by atoms with Crippen molar-refractivity contribution in [2.45, 2.75) is 12.8 Å². The Balaban J connectivity index is 1.60. The van der Waals surface area contributed by atoms with E-state index in [-0.39, 0.29) is 0 Å². The fourth-order valence-electron chi connectivity index (χ4n) is 1.89. The van der Waals surface area contributed by atoms with Crippen molar-refractivity contribution < 1.29 is 4.74 Å². The minimum Gasteiger partial charge on any atom is -0.381 e. The smallest absolute Gasteiger partial charge is 0.109 e. The molecule has 0 aromatic carbocycles. The highest BCUT2D eigenvalue weighted by atomic mass is 16.5. The third-order valence-electron chi connectivity index (χ3n) is 2.90. The highest BCUT2D eigenvalue weighted by Crippen LogP contribution is 2.10. The molecular formula is C11H19N3O. The van der Waals surface area contributed by atoms with Crippen molar-refractivity contribution in [2.75, 3.05) is 26.3 Å². The van der Waals surface area contributed by atoms with Gasteiger partial charge in [-0.3, -0.25) is 0 Å². The first-order valence-corrected chi connectivity index (χ1v) is 5.61.